The molecule has 2 aromatic carbocycles. The van der Waals surface area contributed by atoms with E-state index < -0.39 is 0 Å². The molecule has 180 valence electrons. The number of aromatic nitrogens is 5. The Morgan fingerprint density at radius 3 is 2.64 bits per heavy atom. The molecule has 9 heteroatoms. The maximum absolute atomic E-state index is 5.68. The van der Waals surface area contributed by atoms with Crippen molar-refractivity contribution in [1.82, 2.24) is 24.6 Å². The van der Waals surface area contributed by atoms with Crippen LogP contribution >= 0.6 is 0 Å². The fourth-order valence-electron chi connectivity index (χ4n) is 4.30. The van der Waals surface area contributed by atoms with E-state index in [0.29, 0.717) is 12.6 Å². The number of pyridine rings is 1. The molecule has 0 atom stereocenters. The Balaban J connectivity index is 1.23. The predicted molar refractivity (Wildman–Crippen MR) is 141 cm³/mol. The quantitative estimate of drug-likeness (QED) is 0.371. The number of benzene rings is 2. The van der Waals surface area contributed by atoms with Crippen molar-refractivity contribution >= 4 is 39.8 Å². The molecule has 0 saturated heterocycles. The van der Waals surface area contributed by atoms with Gasteiger partial charge in [0.05, 0.1) is 11.1 Å². The normalized spacial score (nSPS) is 14.6. The molecule has 1 aliphatic rings. The van der Waals surface area contributed by atoms with E-state index in [-0.39, 0.29) is 5.54 Å². The zero-order valence-corrected chi connectivity index (χ0v) is 20.4. The summed E-state index contributed by atoms with van der Waals surface area (Å²) in [6, 6.07) is 17.0. The average Bonchev–Trinajstić information content (AvgIpc) is 3.46. The minimum atomic E-state index is -0.220. The van der Waals surface area contributed by atoms with Crippen LogP contribution in [0.2, 0.25) is 0 Å². The van der Waals surface area contributed by atoms with Crippen LogP contribution in [-0.4, -0.2) is 42.7 Å². The van der Waals surface area contributed by atoms with E-state index in [2.05, 4.69) is 72.9 Å². The van der Waals surface area contributed by atoms with Gasteiger partial charge in [-0.15, -0.1) is 0 Å². The summed E-state index contributed by atoms with van der Waals surface area (Å²) in [5, 5.41) is 11.8. The average molecular weight is 479 g/mol. The highest BCUT2D eigenvalue weighted by Gasteiger charge is 2.26. The van der Waals surface area contributed by atoms with Gasteiger partial charge in [0.25, 0.3) is 6.02 Å². The summed E-state index contributed by atoms with van der Waals surface area (Å²) in [5.41, 5.74) is 6.96. The number of rotatable bonds is 5. The number of ether oxygens (including phenoxy) is 1. The molecule has 0 spiro atoms. The van der Waals surface area contributed by atoms with Gasteiger partial charge in [-0.2, -0.15) is 5.10 Å². The number of aliphatic imine (C=N–C) groups is 1. The van der Waals surface area contributed by atoms with E-state index in [4.69, 9.17) is 4.74 Å². The molecule has 36 heavy (non-hydrogen) atoms. The van der Waals surface area contributed by atoms with Crippen LogP contribution in [-0.2, 0) is 11.2 Å². The van der Waals surface area contributed by atoms with Crippen LogP contribution in [0.5, 0.6) is 0 Å². The number of amidine groups is 1. The molecule has 3 aromatic heterocycles. The van der Waals surface area contributed by atoms with Crippen LogP contribution in [0.15, 0.2) is 72.4 Å². The molecule has 0 saturated carbocycles. The summed E-state index contributed by atoms with van der Waals surface area (Å²) in [5.74, 6) is 0.739. The lowest BCUT2D eigenvalue weighted by atomic mass is 10.0. The molecule has 0 unspecified atom stereocenters. The van der Waals surface area contributed by atoms with Crippen molar-refractivity contribution in [2.45, 2.75) is 32.7 Å². The van der Waals surface area contributed by atoms with Crippen molar-refractivity contribution in [2.75, 3.05) is 17.2 Å². The summed E-state index contributed by atoms with van der Waals surface area (Å²) in [4.78, 5) is 17.8. The van der Waals surface area contributed by atoms with Crippen LogP contribution < -0.4 is 10.6 Å². The second kappa shape index (κ2) is 8.60. The van der Waals surface area contributed by atoms with Crippen molar-refractivity contribution in [2.24, 2.45) is 4.99 Å². The monoisotopic (exact) mass is 478 g/mol. The van der Waals surface area contributed by atoms with Crippen LogP contribution in [0.3, 0.4) is 0 Å². The largest absolute Gasteiger partial charge is 0.462 e. The Morgan fingerprint density at radius 1 is 0.944 bits per heavy atom. The van der Waals surface area contributed by atoms with Crippen molar-refractivity contribution in [3.05, 3.63) is 84.1 Å². The molecule has 5 aromatic rings. The van der Waals surface area contributed by atoms with E-state index in [1.165, 1.54) is 16.7 Å². The molecule has 0 radical (unpaired) electrons. The van der Waals surface area contributed by atoms with Gasteiger partial charge in [0.15, 0.2) is 5.65 Å². The number of nitrogens with one attached hydrogen (secondary N) is 2. The number of hydrogen-bond donors (Lipinski definition) is 2. The number of anilines is 3. The van der Waals surface area contributed by atoms with Crippen LogP contribution in [0, 0.1) is 6.92 Å². The Bertz CT molecular complexity index is 1620. The van der Waals surface area contributed by atoms with Crippen LogP contribution in [0.4, 0.5) is 17.2 Å². The first-order valence-electron chi connectivity index (χ1n) is 11.8. The lowest BCUT2D eigenvalue weighted by molar-refractivity contribution is 0.278. The van der Waals surface area contributed by atoms with Gasteiger partial charge in [0, 0.05) is 23.0 Å². The third-order valence-corrected chi connectivity index (χ3v) is 6.20. The molecule has 9 nitrogen and oxygen atoms in total. The number of aryl methyl sites for hydroxylation is 1. The number of fused-ring (bicyclic) bond motifs is 2. The first kappa shape index (κ1) is 22.0. The van der Waals surface area contributed by atoms with Gasteiger partial charge in [-0.1, -0.05) is 6.07 Å². The van der Waals surface area contributed by atoms with Crippen molar-refractivity contribution < 1.29 is 4.74 Å². The van der Waals surface area contributed by atoms with Crippen molar-refractivity contribution in [1.29, 1.82) is 0 Å². The smallest absolute Gasteiger partial charge is 0.289 e. The van der Waals surface area contributed by atoms with Gasteiger partial charge in [-0.3, -0.25) is 0 Å². The molecule has 0 fully saturated rings. The fraction of sp³-hybridized carbons (Fsp3) is 0.222. The molecular formula is C27H26N8O. The van der Waals surface area contributed by atoms with Crippen molar-refractivity contribution in [3.63, 3.8) is 0 Å². The highest BCUT2D eigenvalue weighted by Crippen LogP contribution is 2.28. The molecule has 1 aliphatic heterocycles. The Labute approximate surface area is 208 Å². The van der Waals surface area contributed by atoms with Gasteiger partial charge in [-0.25, -0.2) is 24.5 Å². The van der Waals surface area contributed by atoms with E-state index in [0.717, 1.165) is 40.2 Å². The molecule has 2 N–H and O–H groups in total. The van der Waals surface area contributed by atoms with Gasteiger partial charge < -0.3 is 15.4 Å². The molecule has 0 amide bonds. The van der Waals surface area contributed by atoms with E-state index in [1.54, 1.807) is 17.2 Å². The van der Waals surface area contributed by atoms with E-state index in [9.17, 15) is 0 Å². The second-order valence-corrected chi connectivity index (χ2v) is 9.64. The van der Waals surface area contributed by atoms with E-state index >= 15 is 0 Å². The SMILES string of the molecule is Cc1cc(Nc2ncnc3ccc(NC4=NC(C)(C)CO4)cc23)ccc1Cc1ccn2ncnc2c1. The summed E-state index contributed by atoms with van der Waals surface area (Å²) in [6.45, 7) is 6.77. The van der Waals surface area contributed by atoms with Gasteiger partial charge >= 0.3 is 0 Å². The predicted octanol–water partition coefficient (Wildman–Crippen LogP) is 4.89. The molecular weight excluding hydrogens is 452 g/mol. The Hall–Kier alpha value is -4.53. The van der Waals surface area contributed by atoms with Crippen LogP contribution in [0.25, 0.3) is 16.6 Å². The lowest BCUT2D eigenvalue weighted by Gasteiger charge is -2.13. The fourth-order valence-corrected chi connectivity index (χ4v) is 4.30. The Morgan fingerprint density at radius 2 is 1.81 bits per heavy atom. The van der Waals surface area contributed by atoms with Crippen molar-refractivity contribution in [3.8, 4) is 0 Å². The molecule has 6 rings (SSSR count). The highest BCUT2D eigenvalue weighted by molar-refractivity contribution is 5.97. The van der Waals surface area contributed by atoms with Gasteiger partial charge in [-0.05, 0) is 86.3 Å². The maximum atomic E-state index is 5.68. The number of nitrogens with zero attached hydrogens (tertiary/aromatic N) is 6. The van der Waals surface area contributed by atoms with Crippen LogP contribution in [0.1, 0.15) is 30.5 Å². The number of hydrogen-bond acceptors (Lipinski definition) is 8. The standard InChI is InChI=1S/C27H26N8O/c1-17-10-20(5-4-19(17)11-18-8-9-35-24(12-18)29-16-31-35)32-25-22-13-21(6-7-23(22)28-15-30-25)33-26-34-27(2,3)14-36-26/h4-10,12-13,15-16H,11,14H2,1-3H3,(H,33,34)(H,28,30,32). The topological polar surface area (TPSA) is 102 Å². The summed E-state index contributed by atoms with van der Waals surface area (Å²) < 4.78 is 7.45. The minimum Gasteiger partial charge on any atom is -0.462 e. The Kier molecular flexibility index (Phi) is 5.25. The molecule has 0 bridgehead atoms. The highest BCUT2D eigenvalue weighted by atomic mass is 16.5. The zero-order chi connectivity index (χ0) is 24.7. The van der Waals surface area contributed by atoms with Gasteiger partial charge in [0.1, 0.15) is 25.1 Å². The third-order valence-electron chi connectivity index (χ3n) is 6.20. The maximum Gasteiger partial charge on any atom is 0.289 e. The zero-order valence-electron chi connectivity index (χ0n) is 20.4. The third kappa shape index (κ3) is 4.43. The first-order chi connectivity index (χ1) is 17.4. The molecule has 4 heterocycles. The summed E-state index contributed by atoms with van der Waals surface area (Å²) in [7, 11) is 0. The second-order valence-electron chi connectivity index (χ2n) is 9.64. The first-order valence-corrected chi connectivity index (χ1v) is 11.8. The van der Waals surface area contributed by atoms with Gasteiger partial charge in [0.2, 0.25) is 0 Å². The lowest BCUT2D eigenvalue weighted by Crippen LogP contribution is -2.17. The minimum absolute atomic E-state index is 0.220. The molecule has 0 aliphatic carbocycles. The summed E-state index contributed by atoms with van der Waals surface area (Å²) >= 11 is 0. The summed E-state index contributed by atoms with van der Waals surface area (Å²) in [6.07, 6.45) is 5.91. The van der Waals surface area contributed by atoms with E-state index in [1.807, 2.05) is 38.2 Å².